The molecule has 0 aliphatic rings. The average Bonchev–Trinajstić information content (AvgIpc) is 2.83. The summed E-state index contributed by atoms with van der Waals surface area (Å²) in [7, 11) is 1.46. The van der Waals surface area contributed by atoms with Gasteiger partial charge in [0.2, 0.25) is 0 Å². The molecule has 0 aliphatic heterocycles. The second-order valence-electron chi connectivity index (χ2n) is 7.11. The summed E-state index contributed by atoms with van der Waals surface area (Å²) in [6, 6.07) is 23.5. The molecule has 32 heavy (non-hydrogen) atoms. The van der Waals surface area contributed by atoms with Crippen LogP contribution in [0, 0.1) is 17.1 Å². The van der Waals surface area contributed by atoms with Crippen LogP contribution in [-0.4, -0.2) is 19.4 Å². The van der Waals surface area contributed by atoms with Crippen LogP contribution in [0.15, 0.2) is 78.0 Å². The molecule has 0 bridgehead atoms. The van der Waals surface area contributed by atoms with E-state index in [9.17, 15) is 4.39 Å². The molecule has 3 rings (SSSR count). The summed E-state index contributed by atoms with van der Waals surface area (Å²) in [4.78, 5) is 4.89. The molecule has 0 saturated carbocycles. The lowest BCUT2D eigenvalue weighted by Gasteiger charge is -2.11. The van der Waals surface area contributed by atoms with Crippen molar-refractivity contribution in [2.75, 3.05) is 13.7 Å². The first-order valence-electron chi connectivity index (χ1n) is 10.3. The zero-order valence-corrected chi connectivity index (χ0v) is 18.1. The highest BCUT2D eigenvalue weighted by molar-refractivity contribution is 6.01. The first-order valence-corrected chi connectivity index (χ1v) is 10.3. The minimum atomic E-state index is -0.312. The van der Waals surface area contributed by atoms with Crippen LogP contribution < -0.4 is 9.47 Å². The maximum absolute atomic E-state index is 13.2. The molecule has 1 atom stereocenters. The zero-order valence-electron chi connectivity index (χ0n) is 18.1. The normalized spacial score (nSPS) is 12.0. The van der Waals surface area contributed by atoms with E-state index in [4.69, 9.17) is 19.6 Å². The predicted molar refractivity (Wildman–Crippen MR) is 121 cm³/mol. The number of halogens is 1. The molecule has 1 unspecified atom stereocenters. The number of oxime groups is 1. The van der Waals surface area contributed by atoms with Crippen LogP contribution in [0.1, 0.15) is 36.0 Å². The van der Waals surface area contributed by atoms with Crippen LogP contribution in [0.5, 0.6) is 11.5 Å². The molecule has 0 spiro atoms. The lowest BCUT2D eigenvalue weighted by atomic mass is 9.98. The van der Waals surface area contributed by atoms with E-state index in [2.05, 4.69) is 11.2 Å². The van der Waals surface area contributed by atoms with Crippen molar-refractivity contribution in [3.8, 4) is 17.6 Å². The van der Waals surface area contributed by atoms with Crippen LogP contribution in [0.2, 0.25) is 0 Å². The van der Waals surface area contributed by atoms with Crippen molar-refractivity contribution in [1.82, 2.24) is 0 Å². The van der Waals surface area contributed by atoms with Gasteiger partial charge in [-0.05, 0) is 66.1 Å². The summed E-state index contributed by atoms with van der Waals surface area (Å²) in [6.07, 6.45) is 0.786. The van der Waals surface area contributed by atoms with Crippen LogP contribution in [0.25, 0.3) is 0 Å². The largest absolute Gasteiger partial charge is 0.489 e. The molecular weight excluding hydrogens is 407 g/mol. The van der Waals surface area contributed by atoms with E-state index < -0.39 is 0 Å². The van der Waals surface area contributed by atoms with Gasteiger partial charge in [-0.2, -0.15) is 5.26 Å². The zero-order chi connectivity index (χ0) is 22.8. The third-order valence-electron chi connectivity index (χ3n) is 4.93. The van der Waals surface area contributed by atoms with Crippen molar-refractivity contribution in [3.05, 3.63) is 95.3 Å². The van der Waals surface area contributed by atoms with Crippen molar-refractivity contribution in [1.29, 1.82) is 5.26 Å². The molecule has 5 nitrogen and oxygen atoms in total. The number of benzene rings is 3. The highest BCUT2D eigenvalue weighted by atomic mass is 19.1. The van der Waals surface area contributed by atoms with Crippen molar-refractivity contribution in [2.24, 2.45) is 5.16 Å². The van der Waals surface area contributed by atoms with Crippen molar-refractivity contribution in [2.45, 2.75) is 25.9 Å². The minimum Gasteiger partial charge on any atom is -0.489 e. The lowest BCUT2D eigenvalue weighted by Crippen LogP contribution is -2.13. The van der Waals surface area contributed by atoms with Crippen molar-refractivity contribution >= 4 is 5.71 Å². The number of ether oxygens (including phenoxy) is 2. The molecule has 0 saturated heterocycles. The van der Waals surface area contributed by atoms with E-state index in [1.54, 1.807) is 12.1 Å². The van der Waals surface area contributed by atoms with Crippen molar-refractivity contribution in [3.63, 3.8) is 0 Å². The standard InChI is InChI=1S/C26H25FN2O3/c1-3-20(16-28)21-8-14-25(15-9-21)31-17-19-4-12-24(13-5-19)32-18-26(29-30-2)22-6-10-23(27)11-7-22/h4-15,20H,3,17-18H2,1-2H3/b29-26+. The van der Waals surface area contributed by atoms with Crippen LogP contribution in [-0.2, 0) is 11.4 Å². The highest BCUT2D eigenvalue weighted by Crippen LogP contribution is 2.22. The van der Waals surface area contributed by atoms with Gasteiger partial charge in [-0.3, -0.25) is 0 Å². The van der Waals surface area contributed by atoms with E-state index in [1.165, 1.54) is 19.2 Å². The van der Waals surface area contributed by atoms with Crippen LogP contribution in [0.3, 0.4) is 0 Å². The lowest BCUT2D eigenvalue weighted by molar-refractivity contribution is 0.210. The Hall–Kier alpha value is -3.85. The molecule has 0 fully saturated rings. The number of rotatable bonds is 10. The van der Waals surface area contributed by atoms with E-state index in [-0.39, 0.29) is 18.3 Å². The Balaban J connectivity index is 1.54. The van der Waals surface area contributed by atoms with Gasteiger partial charge in [-0.25, -0.2) is 4.39 Å². The molecule has 3 aromatic rings. The molecule has 0 N–H and O–H groups in total. The summed E-state index contributed by atoms with van der Waals surface area (Å²) in [5.41, 5.74) is 3.28. The summed E-state index contributed by atoms with van der Waals surface area (Å²) in [6.45, 7) is 2.60. The van der Waals surface area contributed by atoms with E-state index in [0.29, 0.717) is 18.1 Å². The maximum Gasteiger partial charge on any atom is 0.134 e. The fourth-order valence-electron chi connectivity index (χ4n) is 3.11. The SMILES string of the molecule is CCC(C#N)c1ccc(OCc2ccc(OC/C(=N\OC)c3ccc(F)cc3)cc2)cc1. The van der Waals surface area contributed by atoms with Crippen molar-refractivity contribution < 1.29 is 18.7 Å². The quantitative estimate of drug-likeness (QED) is 0.298. The third kappa shape index (κ3) is 6.32. The van der Waals surface area contributed by atoms with Gasteiger partial charge in [0.15, 0.2) is 0 Å². The Morgan fingerprint density at radius 2 is 1.56 bits per heavy atom. The first-order chi connectivity index (χ1) is 15.6. The average molecular weight is 432 g/mol. The molecule has 6 heteroatoms. The number of hydrogen-bond acceptors (Lipinski definition) is 5. The minimum absolute atomic E-state index is 0.0888. The Morgan fingerprint density at radius 1 is 0.938 bits per heavy atom. The van der Waals surface area contributed by atoms with Gasteiger partial charge in [0.05, 0.1) is 12.0 Å². The summed E-state index contributed by atoms with van der Waals surface area (Å²) in [5.74, 6) is 1.02. The second-order valence-corrected chi connectivity index (χ2v) is 7.11. The van der Waals surface area contributed by atoms with Crippen LogP contribution in [0.4, 0.5) is 4.39 Å². The fraction of sp³-hybridized carbons (Fsp3) is 0.231. The first kappa shape index (κ1) is 22.8. The van der Waals surface area contributed by atoms with E-state index in [0.717, 1.165) is 28.9 Å². The Bertz CT molecular complexity index is 1060. The molecule has 0 heterocycles. The predicted octanol–water partition coefficient (Wildman–Crippen LogP) is 5.85. The Kier molecular flexibility index (Phi) is 8.22. The second kappa shape index (κ2) is 11.5. The molecule has 0 amide bonds. The van der Waals surface area contributed by atoms with Gasteiger partial charge in [0.1, 0.15) is 43.4 Å². The topological polar surface area (TPSA) is 63.8 Å². The molecule has 0 aliphatic carbocycles. The summed E-state index contributed by atoms with van der Waals surface area (Å²) in [5, 5.41) is 13.1. The van der Waals surface area contributed by atoms with Gasteiger partial charge in [-0.15, -0.1) is 0 Å². The summed E-state index contributed by atoms with van der Waals surface area (Å²) < 4.78 is 24.8. The monoisotopic (exact) mass is 432 g/mol. The highest BCUT2D eigenvalue weighted by Gasteiger charge is 2.09. The van der Waals surface area contributed by atoms with Gasteiger partial charge >= 0.3 is 0 Å². The maximum atomic E-state index is 13.2. The Labute approximate surface area is 187 Å². The molecule has 0 radical (unpaired) electrons. The number of nitrogens with zero attached hydrogens (tertiary/aromatic N) is 2. The van der Waals surface area contributed by atoms with E-state index in [1.807, 2.05) is 55.5 Å². The van der Waals surface area contributed by atoms with Gasteiger partial charge in [-0.1, -0.05) is 36.3 Å². The molecule has 0 aromatic heterocycles. The van der Waals surface area contributed by atoms with Gasteiger partial charge in [0, 0.05) is 5.56 Å². The van der Waals surface area contributed by atoms with E-state index >= 15 is 0 Å². The van der Waals surface area contributed by atoms with Crippen LogP contribution >= 0.6 is 0 Å². The van der Waals surface area contributed by atoms with Gasteiger partial charge in [0.25, 0.3) is 0 Å². The Morgan fingerprint density at radius 3 is 2.16 bits per heavy atom. The fourth-order valence-corrected chi connectivity index (χ4v) is 3.11. The third-order valence-corrected chi connectivity index (χ3v) is 4.93. The molecular formula is C26H25FN2O3. The smallest absolute Gasteiger partial charge is 0.134 e. The summed E-state index contributed by atoms with van der Waals surface area (Å²) >= 11 is 0. The molecule has 3 aromatic carbocycles. The number of nitriles is 1. The number of hydrogen-bond donors (Lipinski definition) is 0. The molecule has 164 valence electrons. The van der Waals surface area contributed by atoms with Gasteiger partial charge < -0.3 is 14.3 Å².